The quantitative estimate of drug-likeness (QED) is 0.0754. The van der Waals surface area contributed by atoms with Crippen LogP contribution in [-0.2, 0) is 35.2 Å². The molecule has 4 fully saturated rings. The number of fused-ring (bicyclic) bond motifs is 4. The molecule has 6 aromatic carbocycles. The lowest BCUT2D eigenvalue weighted by Gasteiger charge is -2.43. The molecule has 4 aliphatic heterocycles. The fourth-order valence-electron chi connectivity index (χ4n) is 10.1. The van der Waals surface area contributed by atoms with Crippen LogP contribution < -0.4 is 22.1 Å². The van der Waals surface area contributed by atoms with E-state index in [1.165, 1.54) is 94.0 Å². The fourth-order valence-corrected chi connectivity index (χ4v) is 13.4. The predicted molar refractivity (Wildman–Crippen MR) is 289 cm³/mol. The molecule has 8 atom stereocenters. The first kappa shape index (κ1) is 56.6. The third-order valence-electron chi connectivity index (χ3n) is 14.1. The van der Waals surface area contributed by atoms with Gasteiger partial charge >= 0.3 is 23.9 Å². The summed E-state index contributed by atoms with van der Waals surface area (Å²) in [5.41, 5.74) is 12.9. The number of β-lactam (4-membered cyclic amide) rings is 2. The molecule has 0 aromatic heterocycles. The molecule has 0 spiro atoms. The van der Waals surface area contributed by atoms with Gasteiger partial charge in [-0.2, -0.15) is 0 Å². The lowest BCUT2D eigenvalue weighted by molar-refractivity contribution is -0.161. The number of carboxylic acid groups (broad SMARTS) is 4. The van der Waals surface area contributed by atoms with Gasteiger partial charge in [-0.3, -0.25) is 19.2 Å². The third kappa shape index (κ3) is 10.7. The van der Waals surface area contributed by atoms with Gasteiger partial charge in [0, 0.05) is 27.0 Å². The number of amides is 4. The highest BCUT2D eigenvalue weighted by molar-refractivity contribution is 8.02. The van der Waals surface area contributed by atoms with Crippen LogP contribution in [0.1, 0.15) is 82.7 Å². The zero-order chi connectivity index (χ0) is 57.7. The third-order valence-corrected chi connectivity index (χ3v) is 17.2. The number of aromatic hydroxyl groups is 4. The fraction of sp³-hybridized carbons (Fsp3) is 0.273. The zero-order valence-electron chi connectivity index (χ0n) is 42.4. The predicted octanol–water partition coefficient (Wildman–Crippen LogP) is 4.44. The zero-order valence-corrected chi connectivity index (χ0v) is 44.1. The minimum absolute atomic E-state index is 0.0407. The van der Waals surface area contributed by atoms with Crippen molar-refractivity contribution in [1.82, 2.24) is 20.4 Å². The van der Waals surface area contributed by atoms with Crippen molar-refractivity contribution in [2.75, 3.05) is 0 Å². The molecule has 412 valence electrons. The first-order valence-electron chi connectivity index (χ1n) is 24.2. The summed E-state index contributed by atoms with van der Waals surface area (Å²) in [6, 6.07) is 23.2. The number of phenols is 4. The van der Waals surface area contributed by atoms with Gasteiger partial charge in [0.2, 0.25) is 23.6 Å². The molecule has 4 heterocycles. The van der Waals surface area contributed by atoms with Gasteiger partial charge in [-0.15, -0.1) is 23.5 Å². The molecule has 14 N–H and O–H groups in total. The van der Waals surface area contributed by atoms with Crippen molar-refractivity contribution in [3.63, 3.8) is 0 Å². The molecule has 2 unspecified atom stereocenters. The van der Waals surface area contributed by atoms with Crippen LogP contribution in [0.2, 0.25) is 0 Å². The van der Waals surface area contributed by atoms with Crippen LogP contribution in [0, 0.1) is 0 Å². The lowest BCUT2D eigenvalue weighted by atomic mass is 9.90. The van der Waals surface area contributed by atoms with E-state index in [2.05, 4.69) is 10.6 Å². The van der Waals surface area contributed by atoms with E-state index in [1.807, 2.05) is 0 Å². The largest absolute Gasteiger partial charge is 0.508 e. The number of hydrogen-bond acceptors (Lipinski definition) is 16. The van der Waals surface area contributed by atoms with Crippen LogP contribution in [-0.4, -0.2) is 143 Å². The first-order valence-corrected chi connectivity index (χ1v) is 26.0. The second kappa shape index (κ2) is 21.7. The van der Waals surface area contributed by atoms with Gasteiger partial charge in [0.1, 0.15) is 81.1 Å². The summed E-state index contributed by atoms with van der Waals surface area (Å²) in [5.74, 6) is -7.23. The van der Waals surface area contributed by atoms with Crippen LogP contribution in [0.3, 0.4) is 0 Å². The Kier molecular flexibility index (Phi) is 15.5. The highest BCUT2D eigenvalue weighted by atomic mass is 32.2. The van der Waals surface area contributed by atoms with Crippen LogP contribution in [0.25, 0.3) is 21.5 Å². The van der Waals surface area contributed by atoms with Gasteiger partial charge in [0.15, 0.2) is 0 Å². The Morgan fingerprint density at radius 3 is 1.19 bits per heavy atom. The molecule has 0 radical (unpaired) electrons. The van der Waals surface area contributed by atoms with E-state index in [9.17, 15) is 79.2 Å². The maximum absolute atomic E-state index is 12.3. The molecule has 79 heavy (non-hydrogen) atoms. The molecule has 10 rings (SSSR count). The van der Waals surface area contributed by atoms with Crippen LogP contribution in [0.15, 0.2) is 109 Å². The molecule has 0 aliphatic carbocycles. The molecule has 4 aliphatic rings. The van der Waals surface area contributed by atoms with Gasteiger partial charge in [0.05, 0.1) is 0 Å². The lowest BCUT2D eigenvalue weighted by Crippen LogP contribution is -2.71. The van der Waals surface area contributed by atoms with Crippen LogP contribution >= 0.6 is 23.5 Å². The Morgan fingerprint density at radius 2 is 0.873 bits per heavy atom. The second-order valence-electron chi connectivity index (χ2n) is 20.0. The number of nitrogens with one attached hydrogen (secondary N) is 2. The average Bonchev–Trinajstić information content (AvgIpc) is 4.04. The monoisotopic (exact) mass is 1120 g/mol. The molecule has 0 bridgehead atoms. The van der Waals surface area contributed by atoms with Crippen molar-refractivity contribution in [3.8, 4) is 23.0 Å². The summed E-state index contributed by atoms with van der Waals surface area (Å²) in [6.07, 6.45) is -0.0407. The van der Waals surface area contributed by atoms with Gasteiger partial charge in [-0.25, -0.2) is 19.2 Å². The Bertz CT molecular complexity index is 3260. The van der Waals surface area contributed by atoms with Gasteiger partial charge < -0.3 is 72.8 Å². The minimum atomic E-state index is -1.28. The summed E-state index contributed by atoms with van der Waals surface area (Å²) in [4.78, 5) is 98.2. The van der Waals surface area contributed by atoms with Crippen molar-refractivity contribution in [1.29, 1.82) is 0 Å². The number of rotatable bonds is 12. The first-order chi connectivity index (χ1) is 37.1. The van der Waals surface area contributed by atoms with E-state index in [-0.39, 0.29) is 29.0 Å². The molecular weight excluding hydrogens is 1060 g/mol. The van der Waals surface area contributed by atoms with E-state index < -0.39 is 115 Å². The average molecular weight is 1120 g/mol. The number of carboxylic acids is 4. The van der Waals surface area contributed by atoms with Crippen molar-refractivity contribution in [2.45, 2.75) is 90.6 Å². The number of nitrogens with zero attached hydrogens (tertiary/aromatic N) is 2. The summed E-state index contributed by atoms with van der Waals surface area (Å²) in [7, 11) is 0. The Labute approximate surface area is 458 Å². The molecule has 0 saturated carbocycles. The SMILES string of the molecule is CC1(C)S[C@@H]2[C@H](NC(=O)C(N)c3ccc(O)cc3)C(=O)N2[C@H]1C(=O)O.CC1(C)S[C@@H]2[C@H](NC(=O)C(N)c3ccc(O)cc3)C(=O)N2[C@H]1C(=O)O.O=C(O)c1cc2ccccc2c(Cc2c(O)c(C(=O)O)cc3ccccc23)c1O. The number of phenolic OH excluding ortho intramolecular Hbond substituents is 2. The number of carbonyl (C=O) groups excluding carboxylic acids is 4. The van der Waals surface area contributed by atoms with Crippen molar-refractivity contribution >= 4 is 92.6 Å². The van der Waals surface area contributed by atoms with Crippen LogP contribution in [0.5, 0.6) is 23.0 Å². The van der Waals surface area contributed by atoms with E-state index >= 15 is 0 Å². The number of aliphatic carboxylic acids is 2. The minimum Gasteiger partial charge on any atom is -0.508 e. The molecule has 4 amide bonds. The van der Waals surface area contributed by atoms with E-state index in [4.69, 9.17) is 11.5 Å². The summed E-state index contributed by atoms with van der Waals surface area (Å²) >= 11 is 2.71. The number of thioether (sulfide) groups is 2. The molecule has 22 nitrogen and oxygen atoms in total. The highest BCUT2D eigenvalue weighted by Crippen LogP contribution is 2.52. The maximum Gasteiger partial charge on any atom is 0.339 e. The Hall–Kier alpha value is -8.58. The topological polar surface area (TPSA) is 381 Å². The number of nitrogens with two attached hydrogens (primary N) is 2. The molecule has 24 heteroatoms. The van der Waals surface area contributed by atoms with Gasteiger partial charge in [-0.05, 0) is 96.8 Å². The normalized spacial score (nSPS) is 21.8. The standard InChI is InChI=1S/C23H16O6.2C16H19N3O5S/c24-20-16(14-7-3-1-5-12(14)9-18(20)22(26)27)11-17-15-8-4-2-6-13(15)10-19(21(17)25)23(28)29;2*1-16(2)11(15(23)24)19-13(22)10(14(19)25-16)18-12(21)9(17)7-3-5-8(20)6-4-7/h1-10,24-25H,11H2,(H,26,27)(H,28,29);2*3-6,9-11,14,20H,17H2,1-2H3,(H,18,21)(H,23,24)/t;2*9?,10-,11+,14-/m.11/s1. The number of carbonyl (C=O) groups is 8. The van der Waals surface area contributed by atoms with E-state index in [0.717, 1.165) is 0 Å². The number of hydrogen-bond donors (Lipinski definition) is 12. The molecule has 6 aromatic rings. The Morgan fingerprint density at radius 1 is 0.544 bits per heavy atom. The van der Waals surface area contributed by atoms with Gasteiger partial charge in [-0.1, -0.05) is 72.8 Å². The number of benzene rings is 6. The van der Waals surface area contributed by atoms with Crippen LogP contribution in [0.4, 0.5) is 0 Å². The van der Waals surface area contributed by atoms with Crippen molar-refractivity contribution < 1.29 is 79.2 Å². The highest BCUT2D eigenvalue weighted by Gasteiger charge is 2.65. The van der Waals surface area contributed by atoms with E-state index in [0.29, 0.717) is 43.8 Å². The summed E-state index contributed by atoms with van der Waals surface area (Å²) in [5, 5.41) is 84.5. The summed E-state index contributed by atoms with van der Waals surface area (Å²) < 4.78 is -1.30. The molecule has 4 saturated heterocycles. The number of aromatic carboxylic acids is 2. The second-order valence-corrected chi connectivity index (χ2v) is 23.6. The van der Waals surface area contributed by atoms with Crippen molar-refractivity contribution in [3.05, 3.63) is 143 Å². The van der Waals surface area contributed by atoms with Crippen molar-refractivity contribution in [2.24, 2.45) is 11.5 Å². The smallest absolute Gasteiger partial charge is 0.339 e. The Balaban J connectivity index is 0.000000157. The van der Waals surface area contributed by atoms with Gasteiger partial charge in [0.25, 0.3) is 0 Å². The molecular formula is C55H54N6O16S2. The maximum atomic E-state index is 12.3. The summed E-state index contributed by atoms with van der Waals surface area (Å²) in [6.45, 7) is 7.07. The van der Waals surface area contributed by atoms with E-state index in [1.54, 1.807) is 76.2 Å².